The van der Waals surface area contributed by atoms with Gasteiger partial charge >= 0.3 is 13.2 Å². The van der Waals surface area contributed by atoms with Gasteiger partial charge in [-0.1, -0.05) is 13.8 Å². The van der Waals surface area contributed by atoms with Crippen molar-refractivity contribution in [2.75, 3.05) is 29.0 Å². The molecule has 2 aromatic heterocycles. The molecule has 47 heavy (non-hydrogen) atoms. The summed E-state index contributed by atoms with van der Waals surface area (Å²) in [5.41, 5.74) is 6.41. The Kier molecular flexibility index (Phi) is 10.1. The van der Waals surface area contributed by atoms with E-state index in [1.165, 1.54) is 0 Å². The number of ether oxygens (including phenoxy) is 1. The van der Waals surface area contributed by atoms with Gasteiger partial charge < -0.3 is 40.1 Å². The van der Waals surface area contributed by atoms with Gasteiger partial charge in [-0.15, -0.1) is 0 Å². The molecule has 2 amide bonds. The highest BCUT2D eigenvalue weighted by Crippen LogP contribution is 2.44. The molecule has 4 heterocycles. The molecule has 0 radical (unpaired) electrons. The number of nitrogens with two attached hydrogens (primary N) is 1. The number of pyridine rings is 2. The number of amides is 2. The standard InChI is InChI=1S/C33H53BN6O6Si/c1-30(2,3)44-29(42)38-24-20-40(17-15-21(24)18-31(4,5)47(10,11)43)25-14-16-36-19-23(25)37-28(41)27-22(35)12-13-26(39-27)34-45-32(6,7)33(8,9)46-34/h12-14,16,19,21,24,43H,15,17-18,20,35H2,1-11H3,(H,37,41)(H,38,42)/t21-,24+/m0/s1. The van der Waals surface area contributed by atoms with Crippen LogP contribution in [0.4, 0.5) is 21.9 Å². The monoisotopic (exact) mass is 668 g/mol. The Labute approximate surface area is 280 Å². The molecular weight excluding hydrogens is 615 g/mol. The third-order valence-electron chi connectivity index (χ3n) is 9.93. The molecular formula is C33H53BN6O6Si. The molecule has 4 rings (SSSR count). The van der Waals surface area contributed by atoms with Gasteiger partial charge in [-0.05, 0) is 104 Å². The number of carbonyl (C=O) groups is 2. The summed E-state index contributed by atoms with van der Waals surface area (Å²) in [7, 11) is -3.24. The fourth-order valence-electron chi connectivity index (χ4n) is 5.69. The second-order valence-corrected chi connectivity index (χ2v) is 20.5. The number of carbonyl (C=O) groups excluding carboxylic acids is 2. The SMILES string of the molecule is CC(C)(C)OC(=O)N[C@@H]1CN(c2ccncc2NC(=O)c2nc(B3OC(C)(C)C(C)(C)O3)ccc2N)CC[C@H]1CC(C)(C)[Si](C)(C)O. The van der Waals surface area contributed by atoms with E-state index in [2.05, 4.69) is 39.3 Å². The Hall–Kier alpha value is -3.20. The minimum Gasteiger partial charge on any atom is -0.444 e. The van der Waals surface area contributed by atoms with Crippen LogP contribution in [-0.4, -0.2) is 78.1 Å². The largest absolute Gasteiger partial charge is 0.514 e. The third kappa shape index (κ3) is 8.46. The van der Waals surface area contributed by atoms with Gasteiger partial charge in [0, 0.05) is 19.3 Å². The molecule has 2 atom stereocenters. The maximum atomic E-state index is 13.7. The van der Waals surface area contributed by atoms with Crippen molar-refractivity contribution in [3.63, 3.8) is 0 Å². The van der Waals surface area contributed by atoms with Crippen LogP contribution in [0.3, 0.4) is 0 Å². The highest BCUT2D eigenvalue weighted by atomic mass is 28.4. The highest BCUT2D eigenvalue weighted by molar-refractivity contribution is 6.72. The van der Waals surface area contributed by atoms with E-state index in [0.29, 0.717) is 24.4 Å². The van der Waals surface area contributed by atoms with Gasteiger partial charge in [-0.25, -0.2) is 9.78 Å². The van der Waals surface area contributed by atoms with Gasteiger partial charge in [0.25, 0.3) is 5.91 Å². The van der Waals surface area contributed by atoms with Gasteiger partial charge in [-0.2, -0.15) is 0 Å². The Bertz CT molecular complexity index is 1460. The van der Waals surface area contributed by atoms with Crippen LogP contribution in [0.5, 0.6) is 0 Å². The van der Waals surface area contributed by atoms with Crippen molar-refractivity contribution in [3.05, 3.63) is 36.3 Å². The predicted molar refractivity (Wildman–Crippen MR) is 188 cm³/mol. The minimum atomic E-state index is -2.49. The summed E-state index contributed by atoms with van der Waals surface area (Å²) in [6.07, 6.45) is 4.28. The lowest BCUT2D eigenvalue weighted by molar-refractivity contribution is 0.00578. The molecule has 0 saturated carbocycles. The number of alkyl carbamates (subject to hydrolysis) is 1. The molecule has 0 aromatic carbocycles. The molecule has 258 valence electrons. The summed E-state index contributed by atoms with van der Waals surface area (Å²) in [4.78, 5) is 48.6. The van der Waals surface area contributed by atoms with Crippen molar-refractivity contribution in [1.29, 1.82) is 0 Å². The topological polar surface area (TPSA) is 161 Å². The van der Waals surface area contributed by atoms with E-state index >= 15 is 0 Å². The third-order valence-corrected chi connectivity index (χ3v) is 13.4. The lowest BCUT2D eigenvalue weighted by Crippen LogP contribution is -2.55. The molecule has 0 unspecified atom stereocenters. The molecule has 5 N–H and O–H groups in total. The summed E-state index contributed by atoms with van der Waals surface area (Å²) in [6, 6.07) is 4.90. The maximum absolute atomic E-state index is 13.7. The molecule has 2 fully saturated rings. The molecule has 0 aliphatic carbocycles. The quantitative estimate of drug-likeness (QED) is 0.290. The minimum absolute atomic E-state index is 0.0493. The van der Waals surface area contributed by atoms with Crippen LogP contribution in [0.15, 0.2) is 30.6 Å². The lowest BCUT2D eigenvalue weighted by atomic mass is 9.84. The number of nitrogens with zero attached hydrogens (tertiary/aromatic N) is 3. The van der Waals surface area contributed by atoms with Crippen LogP contribution in [-0.2, 0) is 14.0 Å². The van der Waals surface area contributed by atoms with E-state index in [1.807, 2.05) is 67.6 Å². The van der Waals surface area contributed by atoms with Gasteiger partial charge in [0.15, 0.2) is 14.0 Å². The Morgan fingerprint density at radius 2 is 1.77 bits per heavy atom. The van der Waals surface area contributed by atoms with E-state index in [4.69, 9.17) is 19.8 Å². The van der Waals surface area contributed by atoms with Crippen LogP contribution >= 0.6 is 0 Å². The summed E-state index contributed by atoms with van der Waals surface area (Å²) >= 11 is 0. The highest BCUT2D eigenvalue weighted by Gasteiger charge is 2.52. The zero-order valence-electron chi connectivity index (χ0n) is 29.9. The second-order valence-electron chi connectivity index (χ2n) is 16.0. The molecule has 2 aromatic rings. The molecule has 0 bridgehead atoms. The first-order valence-corrected chi connectivity index (χ1v) is 19.3. The molecule has 2 aliphatic heterocycles. The first kappa shape index (κ1) is 36.6. The average molecular weight is 669 g/mol. The molecule has 0 spiro atoms. The van der Waals surface area contributed by atoms with Gasteiger partial charge in [-0.3, -0.25) is 9.78 Å². The van der Waals surface area contributed by atoms with Crippen LogP contribution in [0, 0.1) is 5.92 Å². The van der Waals surface area contributed by atoms with Crippen molar-refractivity contribution in [2.24, 2.45) is 5.92 Å². The lowest BCUT2D eigenvalue weighted by Gasteiger charge is -2.45. The van der Waals surface area contributed by atoms with Crippen molar-refractivity contribution in [2.45, 2.75) is 116 Å². The van der Waals surface area contributed by atoms with E-state index < -0.39 is 44.2 Å². The zero-order chi connectivity index (χ0) is 35.2. The fourth-order valence-corrected chi connectivity index (χ4v) is 6.46. The van der Waals surface area contributed by atoms with Crippen molar-refractivity contribution in [1.82, 2.24) is 15.3 Å². The average Bonchev–Trinajstić information content (AvgIpc) is 3.14. The number of hydrogen-bond acceptors (Lipinski definition) is 10. The summed E-state index contributed by atoms with van der Waals surface area (Å²) in [5, 5.41) is 5.81. The fraction of sp³-hybridized carbons (Fsp3) is 0.636. The van der Waals surface area contributed by atoms with Gasteiger partial charge in [0.05, 0.1) is 46.1 Å². The summed E-state index contributed by atoms with van der Waals surface area (Å²) in [5.74, 6) is -0.389. The number of anilines is 3. The first-order chi connectivity index (χ1) is 21.5. The number of nitrogens with one attached hydrogen (secondary N) is 2. The van der Waals surface area contributed by atoms with Gasteiger partial charge in [0.2, 0.25) is 0 Å². The second kappa shape index (κ2) is 13.0. The van der Waals surface area contributed by atoms with Crippen molar-refractivity contribution in [3.8, 4) is 0 Å². The van der Waals surface area contributed by atoms with Gasteiger partial charge in [0.1, 0.15) is 5.60 Å². The number of rotatable bonds is 8. The van der Waals surface area contributed by atoms with Crippen LogP contribution in [0.25, 0.3) is 0 Å². The van der Waals surface area contributed by atoms with Crippen LogP contribution < -0.4 is 26.9 Å². The Balaban J connectivity index is 1.57. The van der Waals surface area contributed by atoms with Crippen molar-refractivity contribution >= 4 is 50.1 Å². The van der Waals surface area contributed by atoms with Crippen LogP contribution in [0.1, 0.15) is 85.6 Å². The van der Waals surface area contributed by atoms with E-state index in [-0.39, 0.29) is 28.4 Å². The summed E-state index contributed by atoms with van der Waals surface area (Å²) < 4.78 is 17.9. The first-order valence-electron chi connectivity index (χ1n) is 16.3. The smallest absolute Gasteiger partial charge is 0.444 e. The molecule has 12 nitrogen and oxygen atoms in total. The zero-order valence-corrected chi connectivity index (χ0v) is 30.9. The molecule has 2 aliphatic rings. The maximum Gasteiger partial charge on any atom is 0.514 e. The van der Waals surface area contributed by atoms with E-state index in [0.717, 1.165) is 18.5 Å². The van der Waals surface area contributed by atoms with Crippen molar-refractivity contribution < 1.29 is 28.4 Å². The number of aromatic nitrogens is 2. The molecule has 14 heteroatoms. The normalized spacial score (nSPS) is 21.4. The summed E-state index contributed by atoms with van der Waals surface area (Å²) in [6.45, 7) is 22.6. The Morgan fingerprint density at radius 3 is 2.36 bits per heavy atom. The number of nitrogen functional groups attached to an aromatic ring is 1. The Morgan fingerprint density at radius 1 is 1.13 bits per heavy atom. The molecule has 2 saturated heterocycles. The number of piperidine rings is 1. The van der Waals surface area contributed by atoms with Crippen LogP contribution in [0.2, 0.25) is 18.1 Å². The van der Waals surface area contributed by atoms with E-state index in [9.17, 15) is 14.4 Å². The number of hydrogen-bond donors (Lipinski definition) is 4. The van der Waals surface area contributed by atoms with E-state index in [1.54, 1.807) is 24.5 Å². The predicted octanol–water partition coefficient (Wildman–Crippen LogP) is 4.70.